The van der Waals surface area contributed by atoms with E-state index in [1.807, 2.05) is 0 Å². The second-order valence-electron chi connectivity index (χ2n) is 3.31. The monoisotopic (exact) mass is 291 g/mol. The number of pyridine rings is 2. The predicted molar refractivity (Wildman–Crippen MR) is 61.3 cm³/mol. The fourth-order valence-corrected chi connectivity index (χ4v) is 1.76. The highest BCUT2D eigenvalue weighted by molar-refractivity contribution is 6.36. The van der Waals surface area contributed by atoms with Crippen molar-refractivity contribution in [3.63, 3.8) is 0 Å². The van der Waals surface area contributed by atoms with Gasteiger partial charge in [0.1, 0.15) is 0 Å². The van der Waals surface area contributed by atoms with Crippen molar-refractivity contribution in [1.29, 1.82) is 0 Å². The minimum atomic E-state index is -4.56. The quantitative estimate of drug-likeness (QED) is 0.784. The highest BCUT2D eigenvalue weighted by Crippen LogP contribution is 2.32. The normalized spacial score (nSPS) is 11.6. The zero-order valence-corrected chi connectivity index (χ0v) is 10.1. The molecule has 0 amide bonds. The summed E-state index contributed by atoms with van der Waals surface area (Å²) >= 11 is 11.5. The van der Waals surface area contributed by atoms with Gasteiger partial charge in [-0.25, -0.2) is 0 Å². The van der Waals surface area contributed by atoms with Gasteiger partial charge < -0.3 is 0 Å². The van der Waals surface area contributed by atoms with Gasteiger partial charge in [-0.15, -0.1) is 0 Å². The molecule has 2 aromatic rings. The molecule has 0 spiro atoms. The Morgan fingerprint density at radius 2 is 1.89 bits per heavy atom. The van der Waals surface area contributed by atoms with Crippen LogP contribution >= 0.6 is 23.2 Å². The van der Waals surface area contributed by atoms with E-state index in [1.165, 1.54) is 18.3 Å². The van der Waals surface area contributed by atoms with E-state index in [0.717, 1.165) is 6.20 Å². The summed E-state index contributed by atoms with van der Waals surface area (Å²) in [6.45, 7) is 0. The highest BCUT2D eigenvalue weighted by Gasteiger charge is 2.33. The van der Waals surface area contributed by atoms with Gasteiger partial charge in [0.15, 0.2) is 5.69 Å². The number of hydrogen-bond acceptors (Lipinski definition) is 2. The first-order valence-corrected chi connectivity index (χ1v) is 5.40. The van der Waals surface area contributed by atoms with Gasteiger partial charge in [0, 0.05) is 24.0 Å². The van der Waals surface area contributed by atoms with Crippen LogP contribution in [-0.2, 0) is 6.18 Å². The summed E-state index contributed by atoms with van der Waals surface area (Å²) < 4.78 is 37.4. The molecule has 2 aromatic heterocycles. The van der Waals surface area contributed by atoms with E-state index in [4.69, 9.17) is 23.2 Å². The van der Waals surface area contributed by atoms with Crippen molar-refractivity contribution in [2.24, 2.45) is 0 Å². The number of rotatable bonds is 1. The van der Waals surface area contributed by atoms with Crippen molar-refractivity contribution in [3.05, 3.63) is 46.3 Å². The summed E-state index contributed by atoms with van der Waals surface area (Å²) in [6, 6.07) is 4.88. The molecule has 0 fully saturated rings. The van der Waals surface area contributed by atoms with Crippen molar-refractivity contribution >= 4 is 23.2 Å². The molecule has 18 heavy (non-hydrogen) atoms. The summed E-state index contributed by atoms with van der Waals surface area (Å²) in [5.74, 6) is 0. The van der Waals surface area contributed by atoms with Gasteiger partial charge in [-0.3, -0.25) is 9.97 Å². The first kappa shape index (κ1) is 13.1. The van der Waals surface area contributed by atoms with Gasteiger partial charge in [-0.05, 0) is 12.1 Å². The molecule has 93 valence electrons. The third kappa shape index (κ3) is 2.73. The molecule has 0 aliphatic rings. The van der Waals surface area contributed by atoms with Gasteiger partial charge >= 0.3 is 6.18 Å². The largest absolute Gasteiger partial charge is 0.433 e. The average Bonchev–Trinajstić information content (AvgIpc) is 2.28. The van der Waals surface area contributed by atoms with E-state index >= 15 is 0 Å². The lowest BCUT2D eigenvalue weighted by atomic mass is 10.1. The minimum absolute atomic E-state index is 0.110. The fourth-order valence-electron chi connectivity index (χ4n) is 1.28. The topological polar surface area (TPSA) is 25.8 Å². The SMILES string of the molecule is FC(F)(F)c1[c]c(-c2ncc(Cl)cc2Cl)ccn1. The summed E-state index contributed by atoms with van der Waals surface area (Å²) in [5.41, 5.74) is -0.833. The lowest BCUT2D eigenvalue weighted by Crippen LogP contribution is -2.08. The Kier molecular flexibility index (Phi) is 3.45. The van der Waals surface area contributed by atoms with Gasteiger partial charge in [0.05, 0.1) is 15.7 Å². The number of hydrogen-bond donors (Lipinski definition) is 0. The summed E-state index contributed by atoms with van der Waals surface area (Å²) in [6.07, 6.45) is -2.24. The molecule has 0 N–H and O–H groups in total. The zero-order valence-electron chi connectivity index (χ0n) is 8.59. The second kappa shape index (κ2) is 4.74. The molecule has 0 bridgehead atoms. The van der Waals surface area contributed by atoms with Gasteiger partial charge in [0.25, 0.3) is 0 Å². The van der Waals surface area contributed by atoms with Crippen molar-refractivity contribution in [3.8, 4) is 11.3 Å². The standard InChI is InChI=1S/C11H4Cl2F3N2/c12-7-4-8(13)10(18-5-7)6-1-2-17-9(3-6)11(14,15)16/h1-2,4-5H. The number of alkyl halides is 3. The number of aromatic nitrogens is 2. The second-order valence-corrected chi connectivity index (χ2v) is 4.16. The van der Waals surface area contributed by atoms with Crippen LogP contribution in [-0.4, -0.2) is 9.97 Å². The van der Waals surface area contributed by atoms with E-state index in [-0.39, 0.29) is 16.3 Å². The number of halogens is 5. The van der Waals surface area contributed by atoms with Crippen LogP contribution in [0.15, 0.2) is 24.5 Å². The molecule has 1 radical (unpaired) electrons. The Bertz CT molecular complexity index is 585. The average molecular weight is 292 g/mol. The smallest absolute Gasteiger partial charge is 0.253 e. The summed E-state index contributed by atoms with van der Waals surface area (Å²) in [7, 11) is 0. The van der Waals surface area contributed by atoms with Crippen LogP contribution in [0.1, 0.15) is 5.69 Å². The van der Waals surface area contributed by atoms with Crippen LogP contribution in [0.3, 0.4) is 0 Å². The molecular weight excluding hydrogens is 288 g/mol. The Balaban J connectivity index is 2.51. The Hall–Kier alpha value is -1.33. The molecule has 0 saturated carbocycles. The highest BCUT2D eigenvalue weighted by atomic mass is 35.5. The van der Waals surface area contributed by atoms with Crippen LogP contribution in [0.25, 0.3) is 11.3 Å². The molecular formula is C11H4Cl2F3N2. The Labute approximate surface area is 110 Å². The molecule has 0 aliphatic heterocycles. The Morgan fingerprint density at radius 3 is 2.50 bits per heavy atom. The lowest BCUT2D eigenvalue weighted by Gasteiger charge is -2.07. The predicted octanol–water partition coefficient (Wildman–Crippen LogP) is 4.27. The van der Waals surface area contributed by atoms with Gasteiger partial charge in [-0.1, -0.05) is 23.2 Å². The first-order chi connectivity index (χ1) is 8.38. The van der Waals surface area contributed by atoms with E-state index in [9.17, 15) is 13.2 Å². The fraction of sp³-hybridized carbons (Fsp3) is 0.0909. The van der Waals surface area contributed by atoms with E-state index in [0.29, 0.717) is 5.02 Å². The van der Waals surface area contributed by atoms with Crippen LogP contribution in [0.4, 0.5) is 13.2 Å². The van der Waals surface area contributed by atoms with Crippen molar-refractivity contribution in [2.45, 2.75) is 6.18 Å². The van der Waals surface area contributed by atoms with Crippen molar-refractivity contribution in [1.82, 2.24) is 9.97 Å². The molecule has 0 aliphatic carbocycles. The van der Waals surface area contributed by atoms with E-state index in [2.05, 4.69) is 16.0 Å². The van der Waals surface area contributed by atoms with Crippen LogP contribution in [0.5, 0.6) is 0 Å². The molecule has 0 atom stereocenters. The van der Waals surface area contributed by atoms with E-state index < -0.39 is 11.9 Å². The zero-order chi connectivity index (χ0) is 13.3. The molecule has 0 unspecified atom stereocenters. The molecule has 0 aromatic carbocycles. The van der Waals surface area contributed by atoms with Crippen LogP contribution < -0.4 is 0 Å². The van der Waals surface area contributed by atoms with E-state index in [1.54, 1.807) is 0 Å². The van der Waals surface area contributed by atoms with Gasteiger partial charge in [-0.2, -0.15) is 13.2 Å². The van der Waals surface area contributed by atoms with Crippen molar-refractivity contribution in [2.75, 3.05) is 0 Å². The molecule has 2 nitrogen and oxygen atoms in total. The lowest BCUT2D eigenvalue weighted by molar-refractivity contribution is -0.141. The third-order valence-electron chi connectivity index (χ3n) is 2.03. The maximum absolute atomic E-state index is 12.5. The maximum Gasteiger partial charge on any atom is 0.433 e. The molecule has 7 heteroatoms. The van der Waals surface area contributed by atoms with Crippen molar-refractivity contribution < 1.29 is 13.2 Å². The summed E-state index contributed by atoms with van der Waals surface area (Å²) in [4.78, 5) is 7.09. The van der Waals surface area contributed by atoms with Crippen LogP contribution in [0, 0.1) is 6.07 Å². The Morgan fingerprint density at radius 1 is 1.17 bits per heavy atom. The number of nitrogens with zero attached hydrogens (tertiary/aromatic N) is 2. The molecule has 2 rings (SSSR count). The first-order valence-electron chi connectivity index (χ1n) is 4.65. The minimum Gasteiger partial charge on any atom is -0.253 e. The summed E-state index contributed by atoms with van der Waals surface area (Å²) in [5, 5.41) is 0.451. The maximum atomic E-state index is 12.5. The van der Waals surface area contributed by atoms with Crippen LogP contribution in [0.2, 0.25) is 10.0 Å². The molecule has 0 saturated heterocycles. The third-order valence-corrected chi connectivity index (χ3v) is 2.52. The van der Waals surface area contributed by atoms with Gasteiger partial charge in [0.2, 0.25) is 0 Å². The molecule has 2 heterocycles.